The third kappa shape index (κ3) is 2.10. The van der Waals surface area contributed by atoms with Crippen LogP contribution in [-0.2, 0) is 4.79 Å². The molecule has 96 valence electrons. The summed E-state index contributed by atoms with van der Waals surface area (Å²) in [7, 11) is 1.97. The number of carbonyl (C=O) groups is 1. The van der Waals surface area contributed by atoms with Crippen LogP contribution in [0.25, 0.3) is 0 Å². The SMILES string of the molecule is CN(C(=O)C1CC2CC2C1)C1CCCCC1N. The van der Waals surface area contributed by atoms with Crippen LogP contribution >= 0.6 is 0 Å². The lowest BCUT2D eigenvalue weighted by Crippen LogP contribution is -2.51. The van der Waals surface area contributed by atoms with Crippen molar-refractivity contribution in [2.24, 2.45) is 23.5 Å². The van der Waals surface area contributed by atoms with Crippen LogP contribution in [0.3, 0.4) is 0 Å². The molecule has 0 aromatic heterocycles. The van der Waals surface area contributed by atoms with Crippen LogP contribution in [-0.4, -0.2) is 29.9 Å². The minimum atomic E-state index is 0.202. The molecule has 2 N–H and O–H groups in total. The Morgan fingerprint density at radius 1 is 1.12 bits per heavy atom. The molecule has 3 nitrogen and oxygen atoms in total. The van der Waals surface area contributed by atoms with Gasteiger partial charge in [-0.15, -0.1) is 0 Å². The van der Waals surface area contributed by atoms with Gasteiger partial charge >= 0.3 is 0 Å². The fourth-order valence-electron chi connectivity index (χ4n) is 3.99. The van der Waals surface area contributed by atoms with Crippen LogP contribution in [0.15, 0.2) is 0 Å². The van der Waals surface area contributed by atoms with Crippen molar-refractivity contribution < 1.29 is 4.79 Å². The highest BCUT2D eigenvalue weighted by Crippen LogP contribution is 2.54. The van der Waals surface area contributed by atoms with E-state index in [1.54, 1.807) is 0 Å². The predicted molar refractivity (Wildman–Crippen MR) is 67.3 cm³/mol. The van der Waals surface area contributed by atoms with Gasteiger partial charge in [-0.2, -0.15) is 0 Å². The number of nitrogens with two attached hydrogens (primary N) is 1. The van der Waals surface area contributed by atoms with Gasteiger partial charge < -0.3 is 10.6 Å². The van der Waals surface area contributed by atoms with Gasteiger partial charge in [0.1, 0.15) is 0 Å². The molecule has 4 unspecified atom stereocenters. The van der Waals surface area contributed by atoms with Gasteiger partial charge in [-0.05, 0) is 43.9 Å². The zero-order valence-electron chi connectivity index (χ0n) is 10.8. The molecule has 0 radical (unpaired) electrons. The number of rotatable bonds is 2. The second-order valence-corrected chi connectivity index (χ2v) is 6.39. The molecule has 0 bridgehead atoms. The largest absolute Gasteiger partial charge is 0.341 e. The van der Waals surface area contributed by atoms with Gasteiger partial charge in [0.2, 0.25) is 5.91 Å². The first kappa shape index (κ1) is 11.5. The number of hydrogen-bond acceptors (Lipinski definition) is 2. The molecule has 3 saturated carbocycles. The lowest BCUT2D eigenvalue weighted by Gasteiger charge is -2.37. The van der Waals surface area contributed by atoms with Crippen LogP contribution < -0.4 is 5.73 Å². The Morgan fingerprint density at radius 2 is 1.76 bits per heavy atom. The van der Waals surface area contributed by atoms with Crippen molar-refractivity contribution in [3.05, 3.63) is 0 Å². The van der Waals surface area contributed by atoms with Gasteiger partial charge in [0, 0.05) is 25.0 Å². The molecule has 4 atom stereocenters. The minimum Gasteiger partial charge on any atom is -0.341 e. The number of carbonyl (C=O) groups excluding carboxylic acids is 1. The van der Waals surface area contributed by atoms with E-state index >= 15 is 0 Å². The summed E-state index contributed by atoms with van der Waals surface area (Å²) in [6, 6.07) is 0.502. The molecule has 0 heterocycles. The summed E-state index contributed by atoms with van der Waals surface area (Å²) in [6.07, 6.45) is 8.32. The summed E-state index contributed by atoms with van der Waals surface area (Å²) in [4.78, 5) is 14.4. The maximum absolute atomic E-state index is 12.4. The first-order valence-corrected chi connectivity index (χ1v) is 7.19. The Bertz CT molecular complexity index is 307. The van der Waals surface area contributed by atoms with E-state index in [1.807, 2.05) is 11.9 Å². The van der Waals surface area contributed by atoms with Gasteiger partial charge in [-0.25, -0.2) is 0 Å². The van der Waals surface area contributed by atoms with Crippen LogP contribution in [0.2, 0.25) is 0 Å². The summed E-state index contributed by atoms with van der Waals surface area (Å²) in [5.74, 6) is 2.46. The van der Waals surface area contributed by atoms with Gasteiger partial charge in [-0.1, -0.05) is 12.8 Å². The molecule has 0 aromatic rings. The zero-order valence-corrected chi connectivity index (χ0v) is 10.8. The summed E-state index contributed by atoms with van der Waals surface area (Å²) >= 11 is 0. The smallest absolute Gasteiger partial charge is 0.225 e. The van der Waals surface area contributed by atoms with E-state index in [4.69, 9.17) is 5.73 Å². The first-order chi connectivity index (χ1) is 8.16. The topological polar surface area (TPSA) is 46.3 Å². The Hall–Kier alpha value is -0.570. The summed E-state index contributed by atoms with van der Waals surface area (Å²) in [5, 5.41) is 0. The van der Waals surface area contributed by atoms with Gasteiger partial charge in [-0.3, -0.25) is 4.79 Å². The molecule has 1 amide bonds. The van der Waals surface area contributed by atoms with Crippen molar-refractivity contribution >= 4 is 5.91 Å². The van der Waals surface area contributed by atoms with Gasteiger partial charge in [0.05, 0.1) is 0 Å². The number of amides is 1. The summed E-state index contributed by atoms with van der Waals surface area (Å²) in [6.45, 7) is 0. The van der Waals surface area contributed by atoms with Crippen molar-refractivity contribution in [2.75, 3.05) is 7.05 Å². The van der Waals surface area contributed by atoms with E-state index in [0.29, 0.717) is 17.9 Å². The molecule has 0 aliphatic heterocycles. The molecule has 0 spiro atoms. The molecule has 0 aromatic carbocycles. The van der Waals surface area contributed by atoms with E-state index < -0.39 is 0 Å². The third-order valence-electron chi connectivity index (χ3n) is 5.22. The Labute approximate surface area is 104 Å². The average Bonchev–Trinajstić information content (AvgIpc) is 2.95. The fourth-order valence-corrected chi connectivity index (χ4v) is 3.99. The molecule has 3 aliphatic carbocycles. The van der Waals surface area contributed by atoms with E-state index in [1.165, 1.54) is 19.3 Å². The maximum Gasteiger partial charge on any atom is 0.225 e. The zero-order chi connectivity index (χ0) is 12.0. The Balaban J connectivity index is 1.60. The van der Waals surface area contributed by atoms with Crippen molar-refractivity contribution in [2.45, 2.75) is 57.0 Å². The maximum atomic E-state index is 12.4. The number of likely N-dealkylation sites (N-methyl/N-ethyl adjacent to an activating group) is 1. The van der Waals surface area contributed by atoms with Crippen molar-refractivity contribution in [3.63, 3.8) is 0 Å². The summed E-state index contributed by atoms with van der Waals surface area (Å²) < 4.78 is 0. The molecule has 3 fully saturated rings. The van der Waals surface area contributed by atoms with E-state index in [9.17, 15) is 4.79 Å². The van der Waals surface area contributed by atoms with Crippen molar-refractivity contribution in [1.82, 2.24) is 4.90 Å². The van der Waals surface area contributed by atoms with Gasteiger partial charge in [0.15, 0.2) is 0 Å². The number of fused-ring (bicyclic) bond motifs is 1. The highest BCUT2D eigenvalue weighted by molar-refractivity contribution is 5.79. The van der Waals surface area contributed by atoms with Crippen LogP contribution in [0, 0.1) is 17.8 Å². The van der Waals surface area contributed by atoms with E-state index in [-0.39, 0.29) is 6.04 Å². The molecular weight excluding hydrogens is 212 g/mol. The van der Waals surface area contributed by atoms with Crippen LogP contribution in [0.4, 0.5) is 0 Å². The molecule has 3 rings (SSSR count). The molecule has 3 heteroatoms. The van der Waals surface area contributed by atoms with E-state index in [2.05, 4.69) is 0 Å². The second kappa shape index (κ2) is 4.27. The standard InChI is InChI=1S/C14H24N2O/c1-16(13-5-3-2-4-12(13)15)14(17)11-7-9-6-10(9)8-11/h9-13H,2-8,15H2,1H3. The number of nitrogens with zero attached hydrogens (tertiary/aromatic N) is 1. The lowest BCUT2D eigenvalue weighted by molar-refractivity contribution is -0.137. The van der Waals surface area contributed by atoms with Crippen LogP contribution in [0.1, 0.15) is 44.9 Å². The highest BCUT2D eigenvalue weighted by atomic mass is 16.2. The Kier molecular flexibility index (Phi) is 2.89. The number of hydrogen-bond donors (Lipinski definition) is 1. The second-order valence-electron chi connectivity index (χ2n) is 6.39. The fraction of sp³-hybridized carbons (Fsp3) is 0.929. The monoisotopic (exact) mass is 236 g/mol. The third-order valence-corrected chi connectivity index (χ3v) is 5.22. The molecule has 3 aliphatic rings. The van der Waals surface area contributed by atoms with E-state index in [0.717, 1.165) is 37.5 Å². The lowest BCUT2D eigenvalue weighted by atomic mass is 9.89. The molecular formula is C14H24N2O. The predicted octanol–water partition coefficient (Wildman–Crippen LogP) is 1.76. The quantitative estimate of drug-likeness (QED) is 0.794. The highest BCUT2D eigenvalue weighted by Gasteiger charge is 2.49. The normalized spacial score (nSPS) is 44.2. The summed E-state index contributed by atoms with van der Waals surface area (Å²) in [5.41, 5.74) is 6.16. The Morgan fingerprint density at radius 3 is 2.41 bits per heavy atom. The molecule has 17 heavy (non-hydrogen) atoms. The van der Waals surface area contributed by atoms with Crippen LogP contribution in [0.5, 0.6) is 0 Å². The first-order valence-electron chi connectivity index (χ1n) is 7.19. The minimum absolute atomic E-state index is 0.202. The van der Waals surface area contributed by atoms with Crippen molar-refractivity contribution in [1.29, 1.82) is 0 Å². The van der Waals surface area contributed by atoms with Crippen molar-refractivity contribution in [3.8, 4) is 0 Å². The van der Waals surface area contributed by atoms with Gasteiger partial charge in [0.25, 0.3) is 0 Å². The average molecular weight is 236 g/mol. The molecule has 0 saturated heterocycles.